The number of nitrogens with one attached hydrogen (secondary N) is 1. The molecule has 1 unspecified atom stereocenters. The molecule has 2 rings (SSSR count). The monoisotopic (exact) mass is 359 g/mol. The second-order valence-electron chi connectivity index (χ2n) is 7.90. The number of anilines is 1. The molecule has 1 aromatic rings. The summed E-state index contributed by atoms with van der Waals surface area (Å²) in [5.74, 6) is -0.848. The summed E-state index contributed by atoms with van der Waals surface area (Å²) in [6.07, 6.45) is 18.8. The number of unbranched alkanes of at least 4 members (excludes halogenated alkanes) is 11. The first-order chi connectivity index (χ1) is 12.7. The Balaban J connectivity index is 1.45. The van der Waals surface area contributed by atoms with E-state index in [2.05, 4.69) is 12.2 Å². The molecule has 0 aliphatic carbocycles. The molecule has 3 heteroatoms. The summed E-state index contributed by atoms with van der Waals surface area (Å²) in [5.41, 5.74) is 2.66. The molecule has 0 bridgehead atoms. The lowest BCUT2D eigenvalue weighted by atomic mass is 10.0. The van der Waals surface area contributed by atoms with Crippen LogP contribution in [0.5, 0.6) is 0 Å². The van der Waals surface area contributed by atoms with Gasteiger partial charge in [-0.15, -0.1) is 0 Å². The first-order valence-corrected chi connectivity index (χ1v) is 10.8. The molecule has 26 heavy (non-hydrogen) atoms. The minimum absolute atomic E-state index is 0.377. The minimum Gasteiger partial charge on any atom is -0.478 e. The van der Waals surface area contributed by atoms with Crippen molar-refractivity contribution in [3.63, 3.8) is 0 Å². The number of hydrogen-bond acceptors (Lipinski definition) is 2. The number of carbonyl (C=O) groups is 1. The molecule has 1 atom stereocenters. The number of carboxylic acid groups (broad SMARTS) is 1. The van der Waals surface area contributed by atoms with Crippen LogP contribution in [-0.4, -0.2) is 17.1 Å². The van der Waals surface area contributed by atoms with Gasteiger partial charge in [0.2, 0.25) is 0 Å². The van der Waals surface area contributed by atoms with E-state index in [1.165, 1.54) is 89.0 Å². The zero-order valence-corrected chi connectivity index (χ0v) is 16.6. The van der Waals surface area contributed by atoms with E-state index in [0.29, 0.717) is 11.6 Å². The van der Waals surface area contributed by atoms with Gasteiger partial charge in [-0.3, -0.25) is 0 Å². The van der Waals surface area contributed by atoms with Gasteiger partial charge in [-0.25, -0.2) is 4.79 Å². The number of hydrogen-bond donors (Lipinski definition) is 2. The third-order valence-electron chi connectivity index (χ3n) is 5.59. The van der Waals surface area contributed by atoms with Crippen LogP contribution in [0.3, 0.4) is 0 Å². The van der Waals surface area contributed by atoms with Crippen LogP contribution in [0, 0.1) is 0 Å². The molecule has 1 aliphatic heterocycles. The highest BCUT2D eigenvalue weighted by Gasteiger charge is 2.21. The van der Waals surface area contributed by atoms with Gasteiger partial charge < -0.3 is 10.4 Å². The van der Waals surface area contributed by atoms with E-state index < -0.39 is 5.97 Å². The Hall–Kier alpha value is -1.51. The molecule has 2 N–H and O–H groups in total. The molecule has 1 heterocycles. The minimum atomic E-state index is -0.848. The van der Waals surface area contributed by atoms with Crippen LogP contribution in [0.25, 0.3) is 0 Å². The molecular weight excluding hydrogens is 322 g/mol. The van der Waals surface area contributed by atoms with Crippen molar-refractivity contribution in [1.29, 1.82) is 0 Å². The Kier molecular flexibility index (Phi) is 9.58. The Morgan fingerprint density at radius 3 is 2.12 bits per heavy atom. The largest absolute Gasteiger partial charge is 0.478 e. The van der Waals surface area contributed by atoms with Gasteiger partial charge in [-0.05, 0) is 30.5 Å². The van der Waals surface area contributed by atoms with Crippen molar-refractivity contribution in [3.8, 4) is 0 Å². The van der Waals surface area contributed by atoms with Crippen molar-refractivity contribution >= 4 is 11.7 Å². The number of rotatable bonds is 14. The molecule has 0 fully saturated rings. The summed E-state index contributed by atoms with van der Waals surface area (Å²) in [7, 11) is 0. The predicted molar refractivity (Wildman–Crippen MR) is 110 cm³/mol. The van der Waals surface area contributed by atoms with Gasteiger partial charge in [0.1, 0.15) is 0 Å². The summed E-state index contributed by atoms with van der Waals surface area (Å²) in [6.45, 7) is 2.27. The zero-order chi connectivity index (χ0) is 18.6. The molecule has 0 spiro atoms. The molecule has 146 valence electrons. The highest BCUT2D eigenvalue weighted by atomic mass is 16.4. The van der Waals surface area contributed by atoms with E-state index in [-0.39, 0.29) is 0 Å². The third-order valence-corrected chi connectivity index (χ3v) is 5.59. The summed E-state index contributed by atoms with van der Waals surface area (Å²) in [6, 6.07) is 5.94. The van der Waals surface area contributed by atoms with Crippen LogP contribution in [0.15, 0.2) is 18.2 Å². The molecule has 3 nitrogen and oxygen atoms in total. The fourth-order valence-corrected chi connectivity index (χ4v) is 3.96. The third kappa shape index (κ3) is 7.39. The molecular formula is C23H37NO2. The summed E-state index contributed by atoms with van der Waals surface area (Å²) >= 11 is 0. The van der Waals surface area contributed by atoms with Crippen molar-refractivity contribution in [2.24, 2.45) is 0 Å². The van der Waals surface area contributed by atoms with Crippen LogP contribution < -0.4 is 5.32 Å². The fraction of sp³-hybridized carbons (Fsp3) is 0.696. The number of benzene rings is 1. The second kappa shape index (κ2) is 12.0. The summed E-state index contributed by atoms with van der Waals surface area (Å²) < 4.78 is 0. The lowest BCUT2D eigenvalue weighted by Crippen LogP contribution is -2.14. The van der Waals surface area contributed by atoms with E-state index >= 15 is 0 Å². The molecule has 0 saturated heterocycles. The van der Waals surface area contributed by atoms with Crippen molar-refractivity contribution < 1.29 is 9.90 Å². The van der Waals surface area contributed by atoms with E-state index in [9.17, 15) is 4.79 Å². The maximum Gasteiger partial charge on any atom is 0.335 e. The number of aromatic carboxylic acids is 1. The van der Waals surface area contributed by atoms with Gasteiger partial charge in [0, 0.05) is 11.7 Å². The first-order valence-electron chi connectivity index (χ1n) is 10.8. The summed E-state index contributed by atoms with van der Waals surface area (Å²) in [4.78, 5) is 11.1. The van der Waals surface area contributed by atoms with Crippen molar-refractivity contribution in [1.82, 2.24) is 0 Å². The molecule has 0 amide bonds. The maximum absolute atomic E-state index is 11.1. The van der Waals surface area contributed by atoms with Gasteiger partial charge in [-0.2, -0.15) is 0 Å². The van der Waals surface area contributed by atoms with Crippen LogP contribution >= 0.6 is 0 Å². The smallest absolute Gasteiger partial charge is 0.335 e. The molecule has 0 radical (unpaired) electrons. The van der Waals surface area contributed by atoms with E-state index in [1.54, 1.807) is 12.1 Å². The van der Waals surface area contributed by atoms with E-state index in [1.807, 2.05) is 6.07 Å². The number of fused-ring (bicyclic) bond motifs is 1. The van der Waals surface area contributed by atoms with Crippen LogP contribution in [0.2, 0.25) is 0 Å². The van der Waals surface area contributed by atoms with Crippen LogP contribution in [-0.2, 0) is 6.42 Å². The van der Waals surface area contributed by atoms with Gasteiger partial charge in [0.05, 0.1) is 5.56 Å². The van der Waals surface area contributed by atoms with Crippen molar-refractivity contribution in [2.45, 2.75) is 103 Å². The normalized spacial score (nSPS) is 15.7. The Labute approximate surface area is 159 Å². The Bertz CT molecular complexity index is 541. The zero-order valence-electron chi connectivity index (χ0n) is 16.6. The average Bonchev–Trinajstić information content (AvgIpc) is 3.04. The highest BCUT2D eigenvalue weighted by molar-refractivity contribution is 5.89. The lowest BCUT2D eigenvalue weighted by Gasteiger charge is -2.11. The average molecular weight is 360 g/mol. The maximum atomic E-state index is 11.1. The fourth-order valence-electron chi connectivity index (χ4n) is 3.96. The van der Waals surface area contributed by atoms with Gasteiger partial charge in [-0.1, -0.05) is 90.0 Å². The molecule has 0 saturated carbocycles. The van der Waals surface area contributed by atoms with E-state index in [4.69, 9.17) is 5.11 Å². The Morgan fingerprint density at radius 1 is 0.962 bits per heavy atom. The van der Waals surface area contributed by atoms with Gasteiger partial charge in [0.25, 0.3) is 0 Å². The second-order valence-corrected chi connectivity index (χ2v) is 7.90. The lowest BCUT2D eigenvalue weighted by molar-refractivity contribution is 0.0697. The van der Waals surface area contributed by atoms with Crippen LogP contribution in [0.1, 0.15) is 106 Å². The van der Waals surface area contributed by atoms with E-state index in [0.717, 1.165) is 12.1 Å². The molecule has 0 aromatic heterocycles. The summed E-state index contributed by atoms with van der Waals surface area (Å²) in [5, 5.41) is 12.6. The topological polar surface area (TPSA) is 49.3 Å². The SMILES string of the molecule is CCCCCCCCCCCCCCC1Cc2ccc(C(=O)O)cc2N1. The molecule has 1 aliphatic rings. The molecule has 1 aromatic carbocycles. The number of carboxylic acids is 1. The Morgan fingerprint density at radius 2 is 1.54 bits per heavy atom. The van der Waals surface area contributed by atoms with Crippen molar-refractivity contribution in [2.75, 3.05) is 5.32 Å². The first kappa shape index (κ1) is 20.8. The van der Waals surface area contributed by atoms with Crippen molar-refractivity contribution in [3.05, 3.63) is 29.3 Å². The standard InChI is InChI=1S/C23H37NO2/c1-2-3-4-5-6-7-8-9-10-11-12-13-14-21-17-19-15-16-20(23(25)26)18-22(19)24-21/h15-16,18,21,24H,2-14,17H2,1H3,(H,25,26). The quantitative estimate of drug-likeness (QED) is 0.359. The predicted octanol–water partition coefficient (Wildman–Crippen LogP) is 6.81. The van der Waals surface area contributed by atoms with Gasteiger partial charge in [0.15, 0.2) is 0 Å². The van der Waals surface area contributed by atoms with Crippen LogP contribution in [0.4, 0.5) is 5.69 Å². The van der Waals surface area contributed by atoms with Gasteiger partial charge >= 0.3 is 5.97 Å². The highest BCUT2D eigenvalue weighted by Crippen LogP contribution is 2.29.